The van der Waals surface area contributed by atoms with Crippen LogP contribution < -0.4 is 0 Å². The van der Waals surface area contributed by atoms with Gasteiger partial charge in [-0.25, -0.2) is 8.78 Å². The predicted molar refractivity (Wildman–Crippen MR) is 132 cm³/mol. The van der Waals surface area contributed by atoms with Crippen LogP contribution >= 0.6 is 11.3 Å². The van der Waals surface area contributed by atoms with Crippen LogP contribution in [-0.4, -0.2) is 60.8 Å². The Morgan fingerprint density at radius 2 is 1.38 bits per heavy atom. The number of nitrogens with zero attached hydrogens (tertiary/aromatic N) is 2. The third-order valence-electron chi connectivity index (χ3n) is 6.33. The van der Waals surface area contributed by atoms with E-state index in [2.05, 4.69) is 9.80 Å². The van der Waals surface area contributed by atoms with Crippen LogP contribution in [0.1, 0.15) is 41.1 Å². The monoisotopic (exact) mass is 486 g/mol. The van der Waals surface area contributed by atoms with Crippen molar-refractivity contribution in [1.29, 1.82) is 0 Å². The number of benzene rings is 2. The molecule has 1 unspecified atom stereocenters. The summed E-state index contributed by atoms with van der Waals surface area (Å²) in [6.45, 7) is 6.33. The van der Waals surface area contributed by atoms with Crippen LogP contribution in [0.15, 0.2) is 66.0 Å². The first kappa shape index (κ1) is 24.9. The first-order valence-corrected chi connectivity index (χ1v) is 12.7. The SMILES string of the molecule is OC(CCCN1CCN(CCOC(c2ccc(F)cc2)c2ccc(F)cc2)CC1)c1cccs1. The highest BCUT2D eigenvalue weighted by molar-refractivity contribution is 7.10. The van der Waals surface area contributed by atoms with Gasteiger partial charge in [0.25, 0.3) is 0 Å². The summed E-state index contributed by atoms with van der Waals surface area (Å²) < 4.78 is 33.0. The number of ether oxygens (including phenoxy) is 1. The summed E-state index contributed by atoms with van der Waals surface area (Å²) in [6.07, 6.45) is 1.06. The molecule has 1 N–H and O–H groups in total. The Morgan fingerprint density at radius 1 is 0.824 bits per heavy atom. The minimum absolute atomic E-state index is 0.291. The third-order valence-corrected chi connectivity index (χ3v) is 7.30. The van der Waals surface area contributed by atoms with E-state index in [0.717, 1.165) is 68.1 Å². The third kappa shape index (κ3) is 7.17. The first-order valence-electron chi connectivity index (χ1n) is 11.9. The van der Waals surface area contributed by atoms with E-state index in [0.29, 0.717) is 6.61 Å². The molecule has 0 aliphatic carbocycles. The van der Waals surface area contributed by atoms with Gasteiger partial charge in [0.05, 0.1) is 12.7 Å². The first-order chi connectivity index (χ1) is 16.6. The number of piperazine rings is 1. The Labute approximate surface area is 204 Å². The summed E-state index contributed by atoms with van der Waals surface area (Å²) in [6, 6.07) is 16.5. The zero-order valence-electron chi connectivity index (χ0n) is 19.3. The van der Waals surface area contributed by atoms with Crippen molar-refractivity contribution in [3.63, 3.8) is 0 Å². The summed E-state index contributed by atoms with van der Waals surface area (Å²) in [5.41, 5.74) is 1.70. The lowest BCUT2D eigenvalue weighted by Crippen LogP contribution is -2.47. The number of aliphatic hydroxyl groups is 1. The molecule has 2 heterocycles. The molecule has 7 heteroatoms. The second-order valence-electron chi connectivity index (χ2n) is 8.71. The van der Waals surface area contributed by atoms with Gasteiger partial charge in [-0.1, -0.05) is 30.3 Å². The minimum atomic E-state index is -0.364. The number of halogens is 2. The molecule has 4 rings (SSSR count). The van der Waals surface area contributed by atoms with Crippen molar-refractivity contribution in [2.75, 3.05) is 45.9 Å². The van der Waals surface area contributed by atoms with Gasteiger partial charge in [-0.15, -0.1) is 11.3 Å². The van der Waals surface area contributed by atoms with Crippen LogP contribution in [0.25, 0.3) is 0 Å². The summed E-state index contributed by atoms with van der Waals surface area (Å²) >= 11 is 1.61. The fourth-order valence-electron chi connectivity index (χ4n) is 4.33. The van der Waals surface area contributed by atoms with E-state index in [1.54, 1.807) is 35.6 Å². The van der Waals surface area contributed by atoms with E-state index in [1.807, 2.05) is 17.5 Å². The summed E-state index contributed by atoms with van der Waals surface area (Å²) in [5.74, 6) is -0.582. The molecule has 0 spiro atoms. The molecule has 34 heavy (non-hydrogen) atoms. The number of hydrogen-bond donors (Lipinski definition) is 1. The maximum absolute atomic E-state index is 13.4. The summed E-state index contributed by atoms with van der Waals surface area (Å²) in [7, 11) is 0. The van der Waals surface area contributed by atoms with E-state index in [9.17, 15) is 13.9 Å². The number of aliphatic hydroxyl groups excluding tert-OH is 1. The lowest BCUT2D eigenvalue weighted by molar-refractivity contribution is 0.0444. The zero-order valence-corrected chi connectivity index (χ0v) is 20.1. The Hall–Kier alpha value is -2.16. The molecule has 182 valence electrons. The normalized spacial score (nSPS) is 16.2. The average Bonchev–Trinajstić information content (AvgIpc) is 3.40. The molecule has 1 atom stereocenters. The topological polar surface area (TPSA) is 35.9 Å². The number of thiophene rings is 1. The molecule has 0 bridgehead atoms. The summed E-state index contributed by atoms with van der Waals surface area (Å²) in [4.78, 5) is 5.89. The molecule has 1 aliphatic heterocycles. The molecule has 4 nitrogen and oxygen atoms in total. The van der Waals surface area contributed by atoms with E-state index < -0.39 is 0 Å². The Morgan fingerprint density at radius 3 is 1.91 bits per heavy atom. The molecule has 1 aromatic heterocycles. The van der Waals surface area contributed by atoms with Crippen molar-refractivity contribution in [2.45, 2.75) is 25.0 Å². The smallest absolute Gasteiger partial charge is 0.123 e. The molecule has 0 radical (unpaired) electrons. The van der Waals surface area contributed by atoms with E-state index >= 15 is 0 Å². The maximum Gasteiger partial charge on any atom is 0.123 e. The van der Waals surface area contributed by atoms with Crippen LogP contribution in [0.3, 0.4) is 0 Å². The zero-order chi connectivity index (χ0) is 23.8. The van der Waals surface area contributed by atoms with Crippen LogP contribution in [0.4, 0.5) is 8.78 Å². The van der Waals surface area contributed by atoms with Crippen LogP contribution in [0, 0.1) is 11.6 Å². The van der Waals surface area contributed by atoms with Gasteiger partial charge in [0, 0.05) is 37.6 Å². The lowest BCUT2D eigenvalue weighted by Gasteiger charge is -2.35. The van der Waals surface area contributed by atoms with Crippen LogP contribution in [0.2, 0.25) is 0 Å². The number of hydrogen-bond acceptors (Lipinski definition) is 5. The molecule has 3 aromatic rings. The maximum atomic E-state index is 13.4. The highest BCUT2D eigenvalue weighted by Crippen LogP contribution is 2.27. The van der Waals surface area contributed by atoms with Gasteiger partial charge in [-0.2, -0.15) is 0 Å². The molecular weight excluding hydrogens is 454 g/mol. The van der Waals surface area contributed by atoms with E-state index in [1.165, 1.54) is 24.3 Å². The quantitative estimate of drug-likeness (QED) is 0.401. The molecule has 0 saturated carbocycles. The number of rotatable bonds is 11. The fourth-order valence-corrected chi connectivity index (χ4v) is 5.07. The lowest BCUT2D eigenvalue weighted by atomic mass is 10.0. The second-order valence-corrected chi connectivity index (χ2v) is 9.69. The van der Waals surface area contributed by atoms with Gasteiger partial charge in [0.2, 0.25) is 0 Å². The summed E-state index contributed by atoms with van der Waals surface area (Å²) in [5, 5.41) is 12.3. The van der Waals surface area contributed by atoms with Crippen molar-refractivity contribution >= 4 is 11.3 Å². The highest BCUT2D eigenvalue weighted by atomic mass is 32.1. The van der Waals surface area contributed by atoms with Gasteiger partial charge in [-0.05, 0) is 66.2 Å². The Balaban J connectivity index is 1.20. The average molecular weight is 487 g/mol. The van der Waals surface area contributed by atoms with E-state index in [4.69, 9.17) is 4.74 Å². The molecule has 1 aliphatic rings. The highest BCUT2D eigenvalue weighted by Gasteiger charge is 2.19. The van der Waals surface area contributed by atoms with E-state index in [-0.39, 0.29) is 23.8 Å². The van der Waals surface area contributed by atoms with Crippen LogP contribution in [-0.2, 0) is 4.74 Å². The van der Waals surface area contributed by atoms with Crippen molar-refractivity contribution in [3.05, 3.63) is 93.7 Å². The molecule has 2 aromatic carbocycles. The van der Waals surface area contributed by atoms with Crippen molar-refractivity contribution < 1.29 is 18.6 Å². The second kappa shape index (κ2) is 12.5. The van der Waals surface area contributed by atoms with Crippen LogP contribution in [0.5, 0.6) is 0 Å². The fraction of sp³-hybridized carbons (Fsp3) is 0.407. The predicted octanol–water partition coefficient (Wildman–Crippen LogP) is 5.26. The van der Waals surface area contributed by atoms with Gasteiger partial charge >= 0.3 is 0 Å². The molecule has 0 amide bonds. The standard InChI is InChI=1S/C27H32F2N2O2S/c28-23-9-5-21(6-10-23)27(22-7-11-24(29)12-8-22)33-19-18-31-16-14-30(15-17-31)13-1-3-25(32)26-4-2-20-34-26/h2,4-12,20,25,27,32H,1,3,13-19H2. The van der Waals surface area contributed by atoms with Crippen molar-refractivity contribution in [2.24, 2.45) is 0 Å². The largest absolute Gasteiger partial charge is 0.388 e. The van der Waals surface area contributed by atoms with Gasteiger partial charge < -0.3 is 14.7 Å². The van der Waals surface area contributed by atoms with Crippen molar-refractivity contribution in [3.8, 4) is 0 Å². The van der Waals surface area contributed by atoms with Crippen molar-refractivity contribution in [1.82, 2.24) is 9.80 Å². The minimum Gasteiger partial charge on any atom is -0.388 e. The Bertz CT molecular complexity index is 929. The van der Waals surface area contributed by atoms with Gasteiger partial charge in [0.15, 0.2) is 0 Å². The molecule has 1 saturated heterocycles. The Kier molecular flexibility index (Phi) is 9.18. The molecular formula is C27H32F2N2O2S. The van der Waals surface area contributed by atoms with Gasteiger partial charge in [-0.3, -0.25) is 4.90 Å². The van der Waals surface area contributed by atoms with Gasteiger partial charge in [0.1, 0.15) is 17.7 Å². The molecule has 1 fully saturated rings.